The molecule has 1 aliphatic carbocycles. The molecule has 1 N–H and O–H groups in total. The Hall–Kier alpha value is -2.87. The van der Waals surface area contributed by atoms with Crippen LogP contribution in [0.15, 0.2) is 17.6 Å². The number of halogens is 3. The lowest BCUT2D eigenvalue weighted by atomic mass is 10.1. The summed E-state index contributed by atoms with van der Waals surface area (Å²) in [5.74, 6) is 0.685. The molecule has 3 aromatic heterocycles. The molecule has 0 saturated heterocycles. The first-order valence-electron chi connectivity index (χ1n) is 10.0. The number of thiophene rings is 1. The van der Waals surface area contributed by atoms with E-state index < -0.39 is 21.5 Å². The van der Waals surface area contributed by atoms with Crippen molar-refractivity contribution in [3.8, 4) is 17.1 Å². The summed E-state index contributed by atoms with van der Waals surface area (Å²) >= 11 is 1.21. The van der Waals surface area contributed by atoms with E-state index in [0.717, 1.165) is 36.0 Å². The number of imidazole rings is 1. The van der Waals surface area contributed by atoms with Crippen molar-refractivity contribution in [2.75, 3.05) is 13.6 Å². The minimum atomic E-state index is -5.81. The largest absolute Gasteiger partial charge is 0.534 e. The van der Waals surface area contributed by atoms with Gasteiger partial charge in [-0.15, -0.1) is 11.3 Å². The predicted molar refractivity (Wildman–Crippen MR) is 113 cm³/mol. The van der Waals surface area contributed by atoms with E-state index in [9.17, 15) is 26.4 Å². The van der Waals surface area contributed by atoms with Gasteiger partial charge in [-0.1, -0.05) is 0 Å². The Morgan fingerprint density at radius 1 is 1.30 bits per heavy atom. The van der Waals surface area contributed by atoms with Gasteiger partial charge in [0.1, 0.15) is 5.82 Å². The number of aromatic nitrogens is 3. The van der Waals surface area contributed by atoms with Gasteiger partial charge in [-0.25, -0.2) is 14.8 Å². The zero-order valence-corrected chi connectivity index (χ0v) is 18.9. The van der Waals surface area contributed by atoms with Crippen LogP contribution in [0, 0.1) is 0 Å². The van der Waals surface area contributed by atoms with E-state index in [4.69, 9.17) is 4.98 Å². The molecular formula is C19H18F3N5O4S2. The van der Waals surface area contributed by atoms with Crippen LogP contribution in [0.2, 0.25) is 0 Å². The van der Waals surface area contributed by atoms with Crippen LogP contribution in [0.4, 0.5) is 18.0 Å². The van der Waals surface area contributed by atoms with Gasteiger partial charge in [-0.05, 0) is 12.8 Å². The number of carbonyl (C=O) groups is 1. The summed E-state index contributed by atoms with van der Waals surface area (Å²) in [6, 6.07) is 0.972. The highest BCUT2D eigenvalue weighted by molar-refractivity contribution is 7.87. The van der Waals surface area contributed by atoms with E-state index in [1.807, 2.05) is 0 Å². The second-order valence-electron chi connectivity index (χ2n) is 7.82. The highest BCUT2D eigenvalue weighted by Crippen LogP contribution is 2.44. The zero-order valence-electron chi connectivity index (χ0n) is 17.2. The lowest BCUT2D eigenvalue weighted by Gasteiger charge is -2.29. The van der Waals surface area contributed by atoms with Crippen LogP contribution in [-0.4, -0.2) is 53.0 Å². The smallest absolute Gasteiger partial charge is 0.355 e. The van der Waals surface area contributed by atoms with E-state index in [1.54, 1.807) is 17.3 Å². The number of fused-ring (bicyclic) bond motifs is 2. The number of nitrogens with zero attached hydrogens (tertiary/aromatic N) is 4. The van der Waals surface area contributed by atoms with Gasteiger partial charge in [0.05, 0.1) is 17.9 Å². The molecule has 1 fully saturated rings. The number of rotatable bonds is 4. The first-order valence-corrected chi connectivity index (χ1v) is 12.3. The summed E-state index contributed by atoms with van der Waals surface area (Å²) in [5, 5.41) is 5.04. The van der Waals surface area contributed by atoms with Gasteiger partial charge in [0.25, 0.3) is 0 Å². The summed E-state index contributed by atoms with van der Waals surface area (Å²) in [6.07, 6.45) is 3.38. The maximum Gasteiger partial charge on any atom is 0.534 e. The van der Waals surface area contributed by atoms with E-state index >= 15 is 0 Å². The Labute approximate surface area is 190 Å². The summed E-state index contributed by atoms with van der Waals surface area (Å²) in [4.78, 5) is 22.6. The second-order valence-corrected chi connectivity index (χ2v) is 10.3. The molecule has 0 radical (unpaired) electrons. The summed E-state index contributed by atoms with van der Waals surface area (Å²) in [6.45, 7) is 1.54. The molecule has 0 unspecified atom stereocenters. The minimum absolute atomic E-state index is 0.189. The topological polar surface area (TPSA) is 106 Å². The number of urea groups is 1. The Bertz CT molecular complexity index is 1360. The van der Waals surface area contributed by atoms with Gasteiger partial charge >= 0.3 is 21.7 Å². The van der Waals surface area contributed by atoms with Crippen LogP contribution >= 0.6 is 11.3 Å². The minimum Gasteiger partial charge on any atom is -0.355 e. The molecule has 2 aliphatic rings. The standard InChI is InChI=1S/C19H18F3N5O4S2/c1-23-18(28)26-4-5-27-13(8-26)16(25-17(27)10-2-3-10)12-9-32-14-6-15(24-7-11(12)14)31-33(29,30)19(20,21)22/h6-7,9-10H,2-5,8H2,1H3,(H,23,28). The summed E-state index contributed by atoms with van der Waals surface area (Å²) < 4.78 is 67.3. The van der Waals surface area contributed by atoms with Gasteiger partial charge in [0, 0.05) is 59.3 Å². The normalized spacial score (nSPS) is 16.7. The van der Waals surface area contributed by atoms with E-state index in [1.165, 1.54) is 17.5 Å². The van der Waals surface area contributed by atoms with Crippen LogP contribution in [0.25, 0.3) is 21.3 Å². The molecule has 33 heavy (non-hydrogen) atoms. The molecule has 0 spiro atoms. The first kappa shape index (κ1) is 21.9. The number of amides is 2. The molecule has 2 amide bonds. The molecule has 5 rings (SSSR count). The third kappa shape index (κ3) is 3.80. The van der Waals surface area contributed by atoms with Crippen molar-refractivity contribution in [3.05, 3.63) is 29.2 Å². The van der Waals surface area contributed by atoms with E-state index in [0.29, 0.717) is 41.3 Å². The maximum absolute atomic E-state index is 12.6. The zero-order chi connectivity index (χ0) is 23.5. The highest BCUT2D eigenvalue weighted by Gasteiger charge is 2.49. The van der Waals surface area contributed by atoms with Crippen LogP contribution in [0.5, 0.6) is 5.88 Å². The average molecular weight is 502 g/mol. The van der Waals surface area contributed by atoms with E-state index in [2.05, 4.69) is 19.1 Å². The summed E-state index contributed by atoms with van der Waals surface area (Å²) in [5.41, 5.74) is -3.25. The van der Waals surface area contributed by atoms with Crippen molar-refractivity contribution in [2.24, 2.45) is 0 Å². The molecule has 3 aromatic rings. The highest BCUT2D eigenvalue weighted by atomic mass is 32.2. The predicted octanol–water partition coefficient (Wildman–Crippen LogP) is 3.42. The fourth-order valence-corrected chi connectivity index (χ4v) is 5.24. The molecule has 176 valence electrons. The lowest BCUT2D eigenvalue weighted by molar-refractivity contribution is -0.0501. The van der Waals surface area contributed by atoms with Crippen molar-refractivity contribution in [3.63, 3.8) is 0 Å². The van der Waals surface area contributed by atoms with Gasteiger partial charge < -0.3 is 19.0 Å². The number of carbonyl (C=O) groups excluding carboxylic acids is 1. The molecule has 1 saturated carbocycles. The van der Waals surface area contributed by atoms with Crippen molar-refractivity contribution < 1.29 is 30.6 Å². The van der Waals surface area contributed by atoms with Crippen molar-refractivity contribution in [1.29, 1.82) is 0 Å². The molecule has 14 heteroatoms. The monoisotopic (exact) mass is 501 g/mol. The number of pyridine rings is 1. The third-order valence-electron chi connectivity index (χ3n) is 5.65. The van der Waals surface area contributed by atoms with Gasteiger partial charge in [-0.2, -0.15) is 21.6 Å². The molecule has 4 heterocycles. The number of alkyl halides is 3. The SMILES string of the molecule is CNC(=O)N1CCn2c(C3CC3)nc(-c3csc4cc(OS(=O)(=O)C(F)(F)F)ncc34)c2C1. The fourth-order valence-electron chi connectivity index (χ4n) is 3.89. The molecule has 0 aromatic carbocycles. The van der Waals surface area contributed by atoms with Crippen LogP contribution < -0.4 is 9.50 Å². The van der Waals surface area contributed by atoms with Crippen LogP contribution in [-0.2, 0) is 23.2 Å². The number of hydrogen-bond donors (Lipinski definition) is 1. The van der Waals surface area contributed by atoms with Crippen molar-refractivity contribution in [2.45, 2.75) is 37.4 Å². The molecule has 9 nitrogen and oxygen atoms in total. The average Bonchev–Trinajstić information content (AvgIpc) is 3.42. The summed E-state index contributed by atoms with van der Waals surface area (Å²) in [7, 11) is -4.24. The first-order chi connectivity index (χ1) is 15.6. The molecule has 0 atom stereocenters. The Balaban J connectivity index is 1.54. The van der Waals surface area contributed by atoms with Gasteiger partial charge in [0.2, 0.25) is 5.88 Å². The molecule has 0 bridgehead atoms. The van der Waals surface area contributed by atoms with Crippen LogP contribution in [0.1, 0.15) is 30.3 Å². The lowest BCUT2D eigenvalue weighted by Crippen LogP contribution is -2.43. The maximum atomic E-state index is 12.6. The fraction of sp³-hybridized carbons (Fsp3) is 0.421. The number of nitrogens with one attached hydrogen (secondary N) is 1. The quantitative estimate of drug-likeness (QED) is 0.434. The Kier molecular flexibility index (Phi) is 5.04. The second kappa shape index (κ2) is 7.58. The van der Waals surface area contributed by atoms with Crippen molar-refractivity contribution in [1.82, 2.24) is 24.8 Å². The van der Waals surface area contributed by atoms with Gasteiger partial charge in [-0.3, -0.25) is 0 Å². The number of hydrogen-bond acceptors (Lipinski definition) is 7. The molecule has 1 aliphatic heterocycles. The Morgan fingerprint density at radius 3 is 2.73 bits per heavy atom. The van der Waals surface area contributed by atoms with E-state index in [-0.39, 0.29) is 6.03 Å². The van der Waals surface area contributed by atoms with Gasteiger partial charge in [0.15, 0.2) is 0 Å². The van der Waals surface area contributed by atoms with Crippen molar-refractivity contribution >= 4 is 37.6 Å². The molecular weight excluding hydrogens is 483 g/mol. The van der Waals surface area contributed by atoms with Crippen LogP contribution in [0.3, 0.4) is 0 Å². The Morgan fingerprint density at radius 2 is 2.06 bits per heavy atom. The third-order valence-corrected chi connectivity index (χ3v) is 7.55.